The summed E-state index contributed by atoms with van der Waals surface area (Å²) < 4.78 is 26.7. The molecule has 0 saturated heterocycles. The van der Waals surface area contributed by atoms with Crippen molar-refractivity contribution in [3.8, 4) is 11.8 Å². The fourth-order valence-electron chi connectivity index (χ4n) is 1.93. The van der Waals surface area contributed by atoms with Crippen molar-refractivity contribution in [3.63, 3.8) is 0 Å². The summed E-state index contributed by atoms with van der Waals surface area (Å²) in [4.78, 5) is 0.289. The van der Waals surface area contributed by atoms with Gasteiger partial charge in [0.05, 0.1) is 4.90 Å². The minimum atomic E-state index is -3.49. The highest BCUT2D eigenvalue weighted by molar-refractivity contribution is 7.89. The standard InChI is InChI=1S/C15H21NO3S/c1-4-10-16(5-2)20(18,19)15-12-14(7-6-11-17)9-8-13(15)3/h8-9,12,17H,4-5,10-11H2,1-3H3. The summed E-state index contributed by atoms with van der Waals surface area (Å²) in [5.41, 5.74) is 1.30. The van der Waals surface area contributed by atoms with Gasteiger partial charge in [-0.15, -0.1) is 0 Å². The maximum Gasteiger partial charge on any atom is 0.243 e. The molecule has 0 unspecified atom stereocenters. The summed E-state index contributed by atoms with van der Waals surface area (Å²) in [6.45, 7) is 6.27. The van der Waals surface area contributed by atoms with E-state index in [4.69, 9.17) is 5.11 Å². The van der Waals surface area contributed by atoms with Gasteiger partial charge in [-0.25, -0.2) is 8.42 Å². The number of nitrogens with zero attached hydrogens (tertiary/aromatic N) is 1. The van der Waals surface area contributed by atoms with Crippen molar-refractivity contribution in [2.75, 3.05) is 19.7 Å². The van der Waals surface area contributed by atoms with Crippen molar-refractivity contribution < 1.29 is 13.5 Å². The SMILES string of the molecule is CCCN(CC)S(=O)(=O)c1cc(C#CCO)ccc1C. The molecule has 0 spiro atoms. The average Bonchev–Trinajstić information content (AvgIpc) is 2.43. The van der Waals surface area contributed by atoms with Crippen LogP contribution >= 0.6 is 0 Å². The van der Waals surface area contributed by atoms with Crippen LogP contribution in [-0.2, 0) is 10.0 Å². The van der Waals surface area contributed by atoms with Crippen LogP contribution in [0.15, 0.2) is 23.1 Å². The van der Waals surface area contributed by atoms with Crippen LogP contribution < -0.4 is 0 Å². The second-order valence-electron chi connectivity index (χ2n) is 4.44. The molecule has 4 nitrogen and oxygen atoms in total. The predicted octanol–water partition coefficient (Wildman–Crippen LogP) is 1.76. The molecular weight excluding hydrogens is 274 g/mol. The molecule has 20 heavy (non-hydrogen) atoms. The number of aliphatic hydroxyl groups excluding tert-OH is 1. The number of rotatable bonds is 5. The number of sulfonamides is 1. The number of benzene rings is 1. The largest absolute Gasteiger partial charge is 0.384 e. The minimum Gasteiger partial charge on any atom is -0.384 e. The molecule has 0 aliphatic rings. The molecule has 110 valence electrons. The molecule has 0 aliphatic carbocycles. The van der Waals surface area contributed by atoms with Crippen molar-refractivity contribution >= 4 is 10.0 Å². The van der Waals surface area contributed by atoms with Crippen LogP contribution in [0.2, 0.25) is 0 Å². The van der Waals surface area contributed by atoms with Crippen molar-refractivity contribution in [3.05, 3.63) is 29.3 Å². The van der Waals surface area contributed by atoms with Crippen molar-refractivity contribution in [1.29, 1.82) is 0 Å². The molecule has 0 aliphatic heterocycles. The van der Waals surface area contributed by atoms with Gasteiger partial charge >= 0.3 is 0 Å². The lowest BCUT2D eigenvalue weighted by atomic mass is 10.1. The van der Waals surface area contributed by atoms with Gasteiger partial charge in [-0.05, 0) is 31.0 Å². The fraction of sp³-hybridized carbons (Fsp3) is 0.467. The Morgan fingerprint density at radius 3 is 2.55 bits per heavy atom. The smallest absolute Gasteiger partial charge is 0.243 e. The second kappa shape index (κ2) is 7.44. The molecule has 1 rings (SSSR count). The van der Waals surface area contributed by atoms with E-state index in [1.165, 1.54) is 4.31 Å². The summed E-state index contributed by atoms with van der Waals surface area (Å²) in [6.07, 6.45) is 0.774. The van der Waals surface area contributed by atoms with Crippen LogP contribution in [-0.4, -0.2) is 37.5 Å². The Balaban J connectivity index is 3.29. The number of hydrogen-bond acceptors (Lipinski definition) is 3. The topological polar surface area (TPSA) is 57.6 Å². The van der Waals surface area contributed by atoms with Gasteiger partial charge < -0.3 is 5.11 Å². The zero-order chi connectivity index (χ0) is 15.2. The van der Waals surface area contributed by atoms with Gasteiger partial charge in [0.15, 0.2) is 0 Å². The van der Waals surface area contributed by atoms with E-state index in [0.717, 1.165) is 6.42 Å². The molecule has 1 aromatic rings. The van der Waals surface area contributed by atoms with E-state index >= 15 is 0 Å². The van der Waals surface area contributed by atoms with Gasteiger partial charge in [-0.2, -0.15) is 4.31 Å². The lowest BCUT2D eigenvalue weighted by molar-refractivity contribution is 0.350. The van der Waals surface area contributed by atoms with Crippen molar-refractivity contribution in [1.82, 2.24) is 4.31 Å². The predicted molar refractivity (Wildman–Crippen MR) is 79.9 cm³/mol. The Labute approximate surface area is 121 Å². The average molecular weight is 295 g/mol. The first kappa shape index (κ1) is 16.7. The van der Waals surface area contributed by atoms with Crippen LogP contribution in [0.3, 0.4) is 0 Å². The van der Waals surface area contributed by atoms with E-state index in [0.29, 0.717) is 24.2 Å². The van der Waals surface area contributed by atoms with E-state index in [1.54, 1.807) is 25.1 Å². The molecule has 0 heterocycles. The Morgan fingerprint density at radius 1 is 1.30 bits per heavy atom. The Bertz CT molecular complexity index is 612. The zero-order valence-corrected chi connectivity index (χ0v) is 13.0. The maximum absolute atomic E-state index is 12.6. The first-order valence-corrected chi connectivity index (χ1v) is 8.11. The van der Waals surface area contributed by atoms with Crippen molar-refractivity contribution in [2.24, 2.45) is 0 Å². The van der Waals surface area contributed by atoms with Gasteiger partial charge in [0.2, 0.25) is 10.0 Å². The highest BCUT2D eigenvalue weighted by Crippen LogP contribution is 2.21. The molecule has 0 fully saturated rings. The molecule has 0 saturated carbocycles. The summed E-state index contributed by atoms with van der Waals surface area (Å²) in [5.74, 6) is 5.27. The molecular formula is C15H21NO3S. The van der Waals surface area contributed by atoms with E-state index in [-0.39, 0.29) is 11.5 Å². The quantitative estimate of drug-likeness (QED) is 0.842. The summed E-state index contributed by atoms with van der Waals surface area (Å²) in [7, 11) is -3.49. The molecule has 0 radical (unpaired) electrons. The van der Waals surface area contributed by atoms with Crippen LogP contribution in [0.1, 0.15) is 31.4 Å². The summed E-state index contributed by atoms with van der Waals surface area (Å²) >= 11 is 0. The lowest BCUT2D eigenvalue weighted by Gasteiger charge is -2.21. The molecule has 0 aromatic heterocycles. The number of hydrogen-bond donors (Lipinski definition) is 1. The van der Waals surface area contributed by atoms with Crippen LogP contribution in [0.5, 0.6) is 0 Å². The Hall–Kier alpha value is -1.35. The lowest BCUT2D eigenvalue weighted by Crippen LogP contribution is -2.32. The highest BCUT2D eigenvalue weighted by atomic mass is 32.2. The number of aliphatic hydroxyl groups is 1. The Morgan fingerprint density at radius 2 is 2.00 bits per heavy atom. The third kappa shape index (κ3) is 3.83. The second-order valence-corrected chi connectivity index (χ2v) is 6.34. The monoisotopic (exact) mass is 295 g/mol. The van der Waals surface area contributed by atoms with E-state index in [9.17, 15) is 8.42 Å². The third-order valence-electron chi connectivity index (χ3n) is 2.94. The maximum atomic E-state index is 12.6. The van der Waals surface area contributed by atoms with Gasteiger partial charge in [-0.3, -0.25) is 0 Å². The first-order valence-electron chi connectivity index (χ1n) is 6.67. The highest BCUT2D eigenvalue weighted by Gasteiger charge is 2.24. The molecule has 0 amide bonds. The van der Waals surface area contributed by atoms with E-state index < -0.39 is 10.0 Å². The zero-order valence-electron chi connectivity index (χ0n) is 12.2. The van der Waals surface area contributed by atoms with E-state index in [2.05, 4.69) is 11.8 Å². The molecule has 0 atom stereocenters. The molecule has 5 heteroatoms. The van der Waals surface area contributed by atoms with Crippen LogP contribution in [0.4, 0.5) is 0 Å². The van der Waals surface area contributed by atoms with Gasteiger partial charge in [0.25, 0.3) is 0 Å². The van der Waals surface area contributed by atoms with Gasteiger partial charge in [-0.1, -0.05) is 31.8 Å². The van der Waals surface area contributed by atoms with Crippen LogP contribution in [0, 0.1) is 18.8 Å². The number of aryl methyl sites for hydroxylation is 1. The summed E-state index contributed by atoms with van der Waals surface area (Å²) in [5, 5.41) is 8.71. The fourth-order valence-corrected chi connectivity index (χ4v) is 3.73. The normalized spacial score (nSPS) is 11.2. The third-order valence-corrected chi connectivity index (χ3v) is 5.06. The minimum absolute atomic E-state index is 0.243. The molecule has 1 N–H and O–H groups in total. The Kier molecular flexibility index (Phi) is 6.21. The summed E-state index contributed by atoms with van der Waals surface area (Å²) in [6, 6.07) is 5.08. The van der Waals surface area contributed by atoms with E-state index in [1.807, 2.05) is 13.8 Å². The van der Waals surface area contributed by atoms with Crippen molar-refractivity contribution in [2.45, 2.75) is 32.1 Å². The first-order chi connectivity index (χ1) is 9.47. The molecule has 0 bridgehead atoms. The van der Waals surface area contributed by atoms with Gasteiger partial charge in [0, 0.05) is 18.7 Å². The van der Waals surface area contributed by atoms with Crippen LogP contribution in [0.25, 0.3) is 0 Å². The van der Waals surface area contributed by atoms with Gasteiger partial charge in [0.1, 0.15) is 6.61 Å². The molecule has 1 aromatic carbocycles.